The fourth-order valence-corrected chi connectivity index (χ4v) is 4.05. The van der Waals surface area contributed by atoms with Crippen molar-refractivity contribution >= 4 is 34.5 Å². The molecule has 1 aromatic carbocycles. The molecule has 0 fully saturated rings. The minimum Gasteiger partial charge on any atom is -0.321 e. The highest BCUT2D eigenvalue weighted by Gasteiger charge is 2.23. The molecule has 20 heavy (non-hydrogen) atoms. The van der Waals surface area contributed by atoms with E-state index in [2.05, 4.69) is 12.2 Å². The normalized spacial score (nSPS) is 17.6. The van der Waals surface area contributed by atoms with Crippen LogP contribution in [0.1, 0.15) is 34.1 Å². The van der Waals surface area contributed by atoms with Crippen molar-refractivity contribution < 1.29 is 4.79 Å². The lowest BCUT2D eigenvalue weighted by molar-refractivity contribution is 0.102. The molecule has 0 radical (unpaired) electrons. The molecule has 1 aromatic heterocycles. The van der Waals surface area contributed by atoms with E-state index in [0.717, 1.165) is 30.7 Å². The topological polar surface area (TPSA) is 29.1 Å². The van der Waals surface area contributed by atoms with Gasteiger partial charge in [0.05, 0.1) is 16.3 Å². The summed E-state index contributed by atoms with van der Waals surface area (Å²) in [5.41, 5.74) is 2.72. The average molecular weight is 306 g/mol. The Morgan fingerprint density at radius 3 is 3.00 bits per heavy atom. The molecule has 104 valence electrons. The molecule has 1 aliphatic carbocycles. The predicted molar refractivity (Wildman–Crippen MR) is 84.9 cm³/mol. The third kappa shape index (κ3) is 2.60. The van der Waals surface area contributed by atoms with E-state index in [9.17, 15) is 4.79 Å². The molecule has 2 nitrogen and oxygen atoms in total. The second-order valence-corrected chi connectivity index (χ2v) is 6.70. The maximum Gasteiger partial charge on any atom is 0.256 e. The Morgan fingerprint density at radius 1 is 1.40 bits per heavy atom. The Balaban J connectivity index is 1.84. The molecule has 1 amide bonds. The van der Waals surface area contributed by atoms with Crippen molar-refractivity contribution in [2.24, 2.45) is 5.92 Å². The molecule has 2 aromatic rings. The van der Waals surface area contributed by atoms with Gasteiger partial charge in [0, 0.05) is 10.3 Å². The SMILES string of the molecule is C[C@@H]1CCc2c(C(=O)Nc3ccccc3Cl)csc2C1. The molecular formula is C16H16ClNOS. The molecule has 0 bridgehead atoms. The summed E-state index contributed by atoms with van der Waals surface area (Å²) in [4.78, 5) is 13.8. The number of hydrogen-bond acceptors (Lipinski definition) is 2. The van der Waals surface area contributed by atoms with Crippen LogP contribution in [-0.2, 0) is 12.8 Å². The Morgan fingerprint density at radius 2 is 2.20 bits per heavy atom. The van der Waals surface area contributed by atoms with Crippen molar-refractivity contribution in [2.45, 2.75) is 26.2 Å². The van der Waals surface area contributed by atoms with Gasteiger partial charge in [-0.2, -0.15) is 0 Å². The van der Waals surface area contributed by atoms with E-state index in [-0.39, 0.29) is 5.91 Å². The lowest BCUT2D eigenvalue weighted by Crippen LogP contribution is -2.16. The van der Waals surface area contributed by atoms with Crippen LogP contribution in [0.5, 0.6) is 0 Å². The first kappa shape index (κ1) is 13.7. The van der Waals surface area contributed by atoms with E-state index in [1.165, 1.54) is 10.4 Å². The molecule has 3 rings (SSSR count). The fraction of sp³-hybridized carbons (Fsp3) is 0.312. The van der Waals surface area contributed by atoms with E-state index in [4.69, 9.17) is 11.6 Å². The smallest absolute Gasteiger partial charge is 0.256 e. The molecule has 4 heteroatoms. The number of carbonyl (C=O) groups is 1. The van der Waals surface area contributed by atoms with Crippen LogP contribution < -0.4 is 5.32 Å². The van der Waals surface area contributed by atoms with Crippen LogP contribution >= 0.6 is 22.9 Å². The summed E-state index contributed by atoms with van der Waals surface area (Å²) < 4.78 is 0. The number of rotatable bonds is 2. The van der Waals surface area contributed by atoms with Crippen molar-refractivity contribution in [1.82, 2.24) is 0 Å². The number of nitrogens with one attached hydrogen (secondary N) is 1. The quantitative estimate of drug-likeness (QED) is 0.850. The van der Waals surface area contributed by atoms with Gasteiger partial charge in [-0.15, -0.1) is 11.3 Å². The molecule has 0 unspecified atom stereocenters. The van der Waals surface area contributed by atoms with Crippen LogP contribution in [0.15, 0.2) is 29.6 Å². The first-order valence-corrected chi connectivity index (χ1v) is 8.06. The zero-order valence-electron chi connectivity index (χ0n) is 11.3. The van der Waals surface area contributed by atoms with Gasteiger partial charge in [0.2, 0.25) is 0 Å². The summed E-state index contributed by atoms with van der Waals surface area (Å²) >= 11 is 7.79. The van der Waals surface area contributed by atoms with E-state index in [1.54, 1.807) is 17.4 Å². The molecular weight excluding hydrogens is 290 g/mol. The number of anilines is 1. The minimum atomic E-state index is -0.0508. The molecule has 1 aliphatic rings. The summed E-state index contributed by atoms with van der Waals surface area (Å²) in [6.45, 7) is 2.27. The fourth-order valence-electron chi connectivity index (χ4n) is 2.62. The van der Waals surface area contributed by atoms with Crippen LogP contribution in [0.25, 0.3) is 0 Å². The maximum absolute atomic E-state index is 12.4. The summed E-state index contributed by atoms with van der Waals surface area (Å²) in [7, 11) is 0. The Bertz CT molecular complexity index is 650. The summed E-state index contributed by atoms with van der Waals surface area (Å²) in [5, 5.41) is 5.46. The second kappa shape index (κ2) is 5.58. The highest BCUT2D eigenvalue weighted by molar-refractivity contribution is 7.10. The van der Waals surface area contributed by atoms with Crippen molar-refractivity contribution in [3.05, 3.63) is 50.7 Å². The molecule has 0 saturated heterocycles. The van der Waals surface area contributed by atoms with Crippen LogP contribution in [0.2, 0.25) is 5.02 Å². The molecule has 1 N–H and O–H groups in total. The maximum atomic E-state index is 12.4. The highest BCUT2D eigenvalue weighted by atomic mass is 35.5. The zero-order valence-corrected chi connectivity index (χ0v) is 12.9. The summed E-state index contributed by atoms with van der Waals surface area (Å²) in [5.74, 6) is 0.672. The number of benzene rings is 1. The van der Waals surface area contributed by atoms with E-state index in [1.807, 2.05) is 23.6 Å². The van der Waals surface area contributed by atoms with Crippen molar-refractivity contribution in [1.29, 1.82) is 0 Å². The van der Waals surface area contributed by atoms with Gasteiger partial charge in [-0.3, -0.25) is 4.79 Å². The summed E-state index contributed by atoms with van der Waals surface area (Å²) in [6.07, 6.45) is 3.26. The van der Waals surface area contributed by atoms with Crippen molar-refractivity contribution in [3.8, 4) is 0 Å². The molecule has 0 spiro atoms. The van der Waals surface area contributed by atoms with Gasteiger partial charge in [0.15, 0.2) is 0 Å². The van der Waals surface area contributed by atoms with Crippen LogP contribution in [0.3, 0.4) is 0 Å². The summed E-state index contributed by atoms with van der Waals surface area (Å²) in [6, 6.07) is 7.32. The first-order chi connectivity index (χ1) is 9.65. The number of para-hydroxylation sites is 1. The number of hydrogen-bond donors (Lipinski definition) is 1. The van der Waals surface area contributed by atoms with Gasteiger partial charge in [0.25, 0.3) is 5.91 Å². The minimum absolute atomic E-state index is 0.0508. The Kier molecular flexibility index (Phi) is 3.81. The molecule has 1 heterocycles. The van der Waals surface area contributed by atoms with Crippen LogP contribution in [0.4, 0.5) is 5.69 Å². The number of amides is 1. The first-order valence-electron chi connectivity index (χ1n) is 6.80. The van der Waals surface area contributed by atoms with Gasteiger partial charge in [-0.1, -0.05) is 30.7 Å². The van der Waals surface area contributed by atoms with Gasteiger partial charge >= 0.3 is 0 Å². The van der Waals surface area contributed by atoms with Gasteiger partial charge in [-0.05, 0) is 42.9 Å². The van der Waals surface area contributed by atoms with Gasteiger partial charge in [-0.25, -0.2) is 0 Å². The Labute approximate surface area is 127 Å². The molecule has 1 atom stereocenters. The number of fused-ring (bicyclic) bond motifs is 1. The van der Waals surface area contributed by atoms with Gasteiger partial charge in [0.1, 0.15) is 0 Å². The largest absolute Gasteiger partial charge is 0.321 e. The third-order valence-electron chi connectivity index (χ3n) is 3.77. The Hall–Kier alpha value is -1.32. The van der Waals surface area contributed by atoms with Crippen LogP contribution in [-0.4, -0.2) is 5.91 Å². The molecule has 0 saturated carbocycles. The number of carbonyl (C=O) groups excluding carboxylic acids is 1. The van der Waals surface area contributed by atoms with E-state index in [0.29, 0.717) is 10.7 Å². The standard InChI is InChI=1S/C16H16ClNOS/c1-10-6-7-11-12(9-20-15(11)8-10)16(19)18-14-5-3-2-4-13(14)17/h2-5,9-10H,6-8H2,1H3,(H,18,19)/t10-/m1/s1. The number of thiophene rings is 1. The van der Waals surface area contributed by atoms with E-state index < -0.39 is 0 Å². The zero-order chi connectivity index (χ0) is 14.1. The predicted octanol–water partition coefficient (Wildman–Crippen LogP) is 4.78. The second-order valence-electron chi connectivity index (χ2n) is 5.33. The van der Waals surface area contributed by atoms with Crippen molar-refractivity contribution in [2.75, 3.05) is 5.32 Å². The van der Waals surface area contributed by atoms with Crippen molar-refractivity contribution in [3.63, 3.8) is 0 Å². The van der Waals surface area contributed by atoms with Gasteiger partial charge < -0.3 is 5.32 Å². The van der Waals surface area contributed by atoms with E-state index >= 15 is 0 Å². The lowest BCUT2D eigenvalue weighted by atomic mass is 9.88. The third-order valence-corrected chi connectivity index (χ3v) is 5.15. The van der Waals surface area contributed by atoms with Crippen LogP contribution in [0, 0.1) is 5.92 Å². The molecule has 0 aliphatic heterocycles. The number of halogens is 1. The highest BCUT2D eigenvalue weighted by Crippen LogP contribution is 2.33. The monoisotopic (exact) mass is 305 g/mol. The average Bonchev–Trinajstić information content (AvgIpc) is 2.84. The lowest BCUT2D eigenvalue weighted by Gasteiger charge is -2.18.